The third kappa shape index (κ3) is 3.95. The lowest BCUT2D eigenvalue weighted by Gasteiger charge is -2.25. The summed E-state index contributed by atoms with van der Waals surface area (Å²) in [6, 6.07) is 13.6. The number of anilines is 1. The predicted molar refractivity (Wildman–Crippen MR) is 111 cm³/mol. The van der Waals surface area contributed by atoms with Crippen LogP contribution in [0.5, 0.6) is 0 Å². The molecule has 2 aliphatic heterocycles. The van der Waals surface area contributed by atoms with Gasteiger partial charge in [0.05, 0.1) is 10.6 Å². The van der Waals surface area contributed by atoms with Gasteiger partial charge in [0.25, 0.3) is 5.91 Å². The van der Waals surface area contributed by atoms with Gasteiger partial charge in [0.2, 0.25) is 0 Å². The first kappa shape index (κ1) is 17.9. The molecule has 0 N–H and O–H groups in total. The van der Waals surface area contributed by atoms with E-state index >= 15 is 0 Å². The molecule has 0 spiro atoms. The molecule has 2 saturated heterocycles. The number of carbonyl (C=O) groups excluding carboxylic acids is 1. The van der Waals surface area contributed by atoms with Crippen LogP contribution >= 0.6 is 11.8 Å². The summed E-state index contributed by atoms with van der Waals surface area (Å²) in [6.07, 6.45) is 5.53. The lowest BCUT2D eigenvalue weighted by atomic mass is 10.1. The van der Waals surface area contributed by atoms with Crippen molar-refractivity contribution in [1.82, 2.24) is 4.90 Å². The average molecular weight is 382 g/mol. The summed E-state index contributed by atoms with van der Waals surface area (Å²) in [5, 5.41) is 0.711. The zero-order valence-corrected chi connectivity index (χ0v) is 16.2. The number of carbonyl (C=O) groups is 1. The Morgan fingerprint density at radius 1 is 1.11 bits per heavy atom. The van der Waals surface area contributed by atoms with Crippen LogP contribution in [0.3, 0.4) is 0 Å². The number of hydrogen-bond acceptors (Lipinski definition) is 5. The van der Waals surface area contributed by atoms with Crippen molar-refractivity contribution in [2.45, 2.75) is 26.2 Å². The van der Waals surface area contributed by atoms with Crippen LogP contribution in [0.15, 0.2) is 56.8 Å². The minimum absolute atomic E-state index is 0.0203. The van der Waals surface area contributed by atoms with Crippen LogP contribution in [0.25, 0.3) is 6.08 Å². The maximum atomic E-state index is 12.8. The summed E-state index contributed by atoms with van der Waals surface area (Å²) >= 11 is 1.40. The van der Waals surface area contributed by atoms with Crippen LogP contribution in [-0.2, 0) is 4.79 Å². The van der Waals surface area contributed by atoms with Crippen molar-refractivity contribution in [2.75, 3.05) is 24.5 Å². The molecule has 0 saturated carbocycles. The lowest BCUT2D eigenvalue weighted by Crippen LogP contribution is -2.28. The number of benzene rings is 1. The number of thioether (sulfide) groups is 1. The number of para-hydroxylation sites is 1. The summed E-state index contributed by atoms with van der Waals surface area (Å²) < 4.78 is 5.98. The van der Waals surface area contributed by atoms with Gasteiger partial charge in [-0.3, -0.25) is 9.69 Å². The quantitative estimate of drug-likeness (QED) is 0.707. The highest BCUT2D eigenvalue weighted by atomic mass is 32.2. The number of hydrogen-bond donors (Lipinski definition) is 0. The van der Waals surface area contributed by atoms with E-state index in [2.05, 4.69) is 9.89 Å². The fourth-order valence-corrected chi connectivity index (χ4v) is 4.36. The normalized spacial score (nSPS) is 20.9. The van der Waals surface area contributed by atoms with Crippen molar-refractivity contribution in [3.05, 3.63) is 53.1 Å². The molecule has 4 rings (SSSR count). The first-order valence-electron chi connectivity index (χ1n) is 9.44. The van der Waals surface area contributed by atoms with E-state index < -0.39 is 0 Å². The maximum Gasteiger partial charge on any atom is 0.266 e. The molecule has 2 aliphatic rings. The number of aliphatic imine (C=N–C) groups is 1. The Morgan fingerprint density at radius 3 is 2.63 bits per heavy atom. The van der Waals surface area contributed by atoms with Crippen LogP contribution < -0.4 is 4.90 Å². The third-order valence-corrected chi connectivity index (χ3v) is 5.75. The Morgan fingerprint density at radius 2 is 1.89 bits per heavy atom. The molecule has 140 valence electrons. The second kappa shape index (κ2) is 8.05. The number of rotatable bonds is 4. The summed E-state index contributed by atoms with van der Waals surface area (Å²) in [5.74, 6) is 1.58. The van der Waals surface area contributed by atoms with Gasteiger partial charge >= 0.3 is 0 Å². The van der Waals surface area contributed by atoms with Crippen molar-refractivity contribution in [3.8, 4) is 0 Å². The van der Waals surface area contributed by atoms with Gasteiger partial charge in [-0.25, -0.2) is 4.99 Å². The van der Waals surface area contributed by atoms with Crippen molar-refractivity contribution >= 4 is 40.5 Å². The van der Waals surface area contributed by atoms with E-state index in [0.717, 1.165) is 24.7 Å². The minimum Gasteiger partial charge on any atom is -0.441 e. The summed E-state index contributed by atoms with van der Waals surface area (Å²) in [6.45, 7) is 4.62. The van der Waals surface area contributed by atoms with Crippen LogP contribution in [0.2, 0.25) is 0 Å². The van der Waals surface area contributed by atoms with Crippen LogP contribution in [0, 0.1) is 0 Å². The van der Waals surface area contributed by atoms with Crippen molar-refractivity contribution in [1.29, 1.82) is 0 Å². The second-order valence-electron chi connectivity index (χ2n) is 6.61. The van der Waals surface area contributed by atoms with E-state index in [9.17, 15) is 4.79 Å². The Bertz CT molecular complexity index is 867. The highest BCUT2D eigenvalue weighted by Crippen LogP contribution is 2.34. The van der Waals surface area contributed by atoms with Gasteiger partial charge < -0.3 is 9.32 Å². The fourth-order valence-electron chi connectivity index (χ4n) is 3.32. The van der Waals surface area contributed by atoms with Crippen molar-refractivity contribution in [3.63, 3.8) is 0 Å². The Balaban J connectivity index is 1.56. The molecule has 1 aromatic heterocycles. The standard InChI is InChI=1S/C21H23N3O2S/c1-2-24-20(25)18(27-21(24)22-16-9-5-3-6-10-16)15-17-11-12-19(26-17)23-13-7-4-8-14-23/h3,5-6,9-12,15H,2,4,7-8,13-14H2,1H3/b18-15+,22-21?. The average Bonchev–Trinajstić information content (AvgIpc) is 3.28. The van der Waals surface area contributed by atoms with E-state index in [0.29, 0.717) is 22.4 Å². The summed E-state index contributed by atoms with van der Waals surface area (Å²) in [4.78, 5) is 22.0. The van der Waals surface area contributed by atoms with E-state index in [1.54, 1.807) is 4.90 Å². The molecule has 0 atom stereocenters. The van der Waals surface area contributed by atoms with Crippen molar-refractivity contribution in [2.24, 2.45) is 4.99 Å². The van der Waals surface area contributed by atoms with Gasteiger partial charge in [-0.15, -0.1) is 0 Å². The molecule has 5 nitrogen and oxygen atoms in total. The first-order chi connectivity index (χ1) is 13.2. The molecule has 0 aliphatic carbocycles. The molecule has 3 heterocycles. The van der Waals surface area contributed by atoms with Gasteiger partial charge in [-0.1, -0.05) is 18.2 Å². The number of furan rings is 1. The Labute approximate surface area is 163 Å². The molecular weight excluding hydrogens is 358 g/mol. The second-order valence-corrected chi connectivity index (χ2v) is 7.62. The molecule has 1 amide bonds. The first-order valence-corrected chi connectivity index (χ1v) is 10.3. The molecule has 0 unspecified atom stereocenters. The lowest BCUT2D eigenvalue weighted by molar-refractivity contribution is -0.122. The van der Waals surface area contributed by atoms with Gasteiger partial charge in [0.15, 0.2) is 11.1 Å². The third-order valence-electron chi connectivity index (χ3n) is 4.74. The highest BCUT2D eigenvalue weighted by Gasteiger charge is 2.32. The van der Waals surface area contributed by atoms with E-state index in [4.69, 9.17) is 4.42 Å². The molecule has 27 heavy (non-hydrogen) atoms. The molecule has 1 aromatic carbocycles. The summed E-state index contributed by atoms with van der Waals surface area (Å²) in [5.41, 5.74) is 0.845. The van der Waals surface area contributed by atoms with Crippen LogP contribution in [0.4, 0.5) is 11.6 Å². The largest absolute Gasteiger partial charge is 0.441 e. The van der Waals surface area contributed by atoms with E-state index in [-0.39, 0.29) is 5.91 Å². The van der Waals surface area contributed by atoms with Gasteiger partial charge in [0, 0.05) is 31.8 Å². The monoisotopic (exact) mass is 381 g/mol. The number of amides is 1. The molecule has 2 fully saturated rings. The fraction of sp³-hybridized carbons (Fsp3) is 0.333. The van der Waals surface area contributed by atoms with Gasteiger partial charge in [-0.2, -0.15) is 0 Å². The van der Waals surface area contributed by atoms with Crippen LogP contribution in [0.1, 0.15) is 31.9 Å². The molecular formula is C21H23N3O2S. The number of piperidine rings is 1. The SMILES string of the molecule is CCN1C(=O)/C(=C\c2ccc(N3CCCCC3)o2)SC1=Nc1ccccc1. The predicted octanol–water partition coefficient (Wildman–Crippen LogP) is 4.89. The number of likely N-dealkylation sites (N-methyl/N-ethyl adjacent to an activating group) is 1. The molecule has 6 heteroatoms. The zero-order valence-electron chi connectivity index (χ0n) is 15.4. The van der Waals surface area contributed by atoms with E-state index in [1.165, 1.54) is 31.0 Å². The van der Waals surface area contributed by atoms with E-state index in [1.807, 2.05) is 55.5 Å². The van der Waals surface area contributed by atoms with Crippen LogP contribution in [-0.4, -0.2) is 35.6 Å². The van der Waals surface area contributed by atoms with Gasteiger partial charge in [0.1, 0.15) is 5.76 Å². The molecule has 0 bridgehead atoms. The minimum atomic E-state index is -0.0203. The smallest absolute Gasteiger partial charge is 0.266 e. The topological polar surface area (TPSA) is 49.1 Å². The molecule has 0 radical (unpaired) electrons. The zero-order chi connectivity index (χ0) is 18.6. The Hall–Kier alpha value is -2.47. The number of nitrogens with zero attached hydrogens (tertiary/aromatic N) is 3. The maximum absolute atomic E-state index is 12.8. The molecule has 2 aromatic rings. The summed E-state index contributed by atoms with van der Waals surface area (Å²) in [7, 11) is 0. The van der Waals surface area contributed by atoms with Crippen molar-refractivity contribution < 1.29 is 9.21 Å². The van der Waals surface area contributed by atoms with Gasteiger partial charge in [-0.05, 0) is 56.1 Å². The highest BCUT2D eigenvalue weighted by molar-refractivity contribution is 8.18. The Kier molecular flexibility index (Phi) is 5.34. The number of amidine groups is 1.